The zero-order valence-electron chi connectivity index (χ0n) is 18.9. The van der Waals surface area contributed by atoms with Gasteiger partial charge in [0.05, 0.1) is 21.8 Å². The van der Waals surface area contributed by atoms with Gasteiger partial charge in [-0.05, 0) is 44.0 Å². The van der Waals surface area contributed by atoms with Crippen LogP contribution in [0.3, 0.4) is 0 Å². The van der Waals surface area contributed by atoms with Gasteiger partial charge in [0.2, 0.25) is 15.9 Å². The summed E-state index contributed by atoms with van der Waals surface area (Å²) in [4.78, 5) is 17.2. The second-order valence-corrected chi connectivity index (χ2v) is 9.79. The molecule has 0 bridgehead atoms. The number of hydrogen-bond donors (Lipinski definition) is 1. The van der Waals surface area contributed by atoms with Gasteiger partial charge in [0.15, 0.2) is 5.65 Å². The first-order valence-corrected chi connectivity index (χ1v) is 12.3. The molecule has 9 nitrogen and oxygen atoms in total. The van der Waals surface area contributed by atoms with Crippen LogP contribution in [0.25, 0.3) is 5.65 Å². The van der Waals surface area contributed by atoms with Crippen LogP contribution in [-0.4, -0.2) is 46.3 Å². The Hall–Kier alpha value is -3.00. The number of hydrogen-bond acceptors (Lipinski definition) is 6. The number of nitriles is 1. The Labute approximate surface area is 198 Å². The first-order chi connectivity index (χ1) is 15.6. The number of anilines is 1. The molecule has 0 aliphatic carbocycles. The number of nitrogens with zero attached hydrogens (tertiary/aromatic N) is 5. The van der Waals surface area contributed by atoms with Crippen molar-refractivity contribution in [2.45, 2.75) is 45.4 Å². The molecule has 0 aliphatic heterocycles. The van der Waals surface area contributed by atoms with Crippen LogP contribution in [0.5, 0.6) is 0 Å². The molecule has 3 rings (SSSR count). The molecule has 2 aromatic heterocycles. The summed E-state index contributed by atoms with van der Waals surface area (Å²) in [5, 5.41) is 16.4. The van der Waals surface area contributed by atoms with E-state index in [0.717, 1.165) is 17.0 Å². The van der Waals surface area contributed by atoms with E-state index in [2.05, 4.69) is 21.5 Å². The molecule has 2 heterocycles. The third kappa shape index (κ3) is 4.85. The lowest BCUT2D eigenvalue weighted by Crippen LogP contribution is -2.30. The lowest BCUT2D eigenvalue weighted by atomic mass is 10.1. The van der Waals surface area contributed by atoms with Gasteiger partial charge in [0, 0.05) is 30.9 Å². The van der Waals surface area contributed by atoms with Crippen molar-refractivity contribution in [1.29, 1.82) is 5.26 Å². The van der Waals surface area contributed by atoms with Gasteiger partial charge in [-0.1, -0.05) is 25.4 Å². The molecule has 0 saturated heterocycles. The molecule has 0 aliphatic rings. The first kappa shape index (κ1) is 24.6. The summed E-state index contributed by atoms with van der Waals surface area (Å²) in [6.07, 6.45) is 1.99. The van der Waals surface area contributed by atoms with E-state index in [4.69, 9.17) is 11.6 Å². The Balaban J connectivity index is 1.79. The molecule has 0 saturated carbocycles. The fourth-order valence-electron chi connectivity index (χ4n) is 3.68. The Morgan fingerprint density at radius 1 is 1.27 bits per heavy atom. The van der Waals surface area contributed by atoms with Crippen LogP contribution in [-0.2, 0) is 21.2 Å². The van der Waals surface area contributed by atoms with Gasteiger partial charge in [-0.3, -0.25) is 4.79 Å². The Morgan fingerprint density at radius 3 is 2.61 bits per heavy atom. The molecule has 0 spiro atoms. The van der Waals surface area contributed by atoms with Crippen LogP contribution < -0.4 is 5.32 Å². The Bertz CT molecular complexity index is 1360. The minimum Gasteiger partial charge on any atom is -0.325 e. The monoisotopic (exact) mass is 488 g/mol. The summed E-state index contributed by atoms with van der Waals surface area (Å²) in [6, 6.07) is 6.34. The van der Waals surface area contributed by atoms with Gasteiger partial charge in [-0.25, -0.2) is 17.9 Å². The topological polar surface area (TPSA) is 120 Å². The van der Waals surface area contributed by atoms with Crippen molar-refractivity contribution >= 4 is 38.9 Å². The standard InChI is InChI=1S/C22H25ClN6O3S/c1-5-28(6-2)33(31,32)17-7-9-19(23)20(11-17)27-21(30)10-8-18-14(3)26-22-16(12-24)13-25-29(22)15(18)4/h7,9,11,13H,5-6,8,10H2,1-4H3,(H,27,30). The van der Waals surface area contributed by atoms with Gasteiger partial charge in [-0.15, -0.1) is 0 Å². The summed E-state index contributed by atoms with van der Waals surface area (Å²) in [6.45, 7) is 7.90. The highest BCUT2D eigenvalue weighted by atomic mass is 35.5. The fraction of sp³-hybridized carbons (Fsp3) is 0.364. The van der Waals surface area contributed by atoms with Gasteiger partial charge < -0.3 is 5.32 Å². The number of sulfonamides is 1. The molecule has 1 N–H and O–H groups in total. The van der Waals surface area contributed by atoms with E-state index in [9.17, 15) is 18.5 Å². The lowest BCUT2D eigenvalue weighted by Gasteiger charge is -2.19. The van der Waals surface area contributed by atoms with Crippen molar-refractivity contribution in [3.05, 3.63) is 51.9 Å². The Morgan fingerprint density at radius 2 is 1.97 bits per heavy atom. The first-order valence-electron chi connectivity index (χ1n) is 10.5. The summed E-state index contributed by atoms with van der Waals surface area (Å²) >= 11 is 6.22. The second kappa shape index (κ2) is 9.87. The molecular formula is C22H25ClN6O3S. The molecular weight excluding hydrogens is 464 g/mol. The number of rotatable bonds is 8. The summed E-state index contributed by atoms with van der Waals surface area (Å²) in [7, 11) is -3.68. The SMILES string of the molecule is CCN(CC)S(=O)(=O)c1ccc(Cl)c(NC(=O)CCc2c(C)nc3c(C#N)cnn3c2C)c1. The predicted octanol–water partition coefficient (Wildman–Crippen LogP) is 3.47. The zero-order valence-corrected chi connectivity index (χ0v) is 20.5. The van der Waals surface area contributed by atoms with Crippen LogP contribution in [0.2, 0.25) is 5.02 Å². The van der Waals surface area contributed by atoms with Gasteiger partial charge in [-0.2, -0.15) is 14.7 Å². The van der Waals surface area contributed by atoms with Crippen molar-refractivity contribution in [2.75, 3.05) is 18.4 Å². The zero-order chi connectivity index (χ0) is 24.3. The molecule has 0 radical (unpaired) electrons. The summed E-state index contributed by atoms with van der Waals surface area (Å²) in [5.41, 5.74) is 3.49. The third-order valence-corrected chi connectivity index (χ3v) is 7.86. The van der Waals surface area contributed by atoms with Crippen LogP contribution in [0, 0.1) is 25.2 Å². The van der Waals surface area contributed by atoms with Gasteiger partial charge in [0.25, 0.3) is 0 Å². The van der Waals surface area contributed by atoms with Gasteiger partial charge >= 0.3 is 0 Å². The van der Waals surface area contributed by atoms with Crippen molar-refractivity contribution in [3.63, 3.8) is 0 Å². The maximum absolute atomic E-state index is 12.8. The number of amides is 1. The number of carbonyl (C=O) groups excluding carboxylic acids is 1. The maximum atomic E-state index is 12.8. The highest BCUT2D eigenvalue weighted by Crippen LogP contribution is 2.27. The van der Waals surface area contributed by atoms with E-state index < -0.39 is 10.0 Å². The molecule has 0 unspecified atom stereocenters. The molecule has 0 atom stereocenters. The number of aryl methyl sites for hydroxylation is 2. The summed E-state index contributed by atoms with van der Waals surface area (Å²) in [5.74, 6) is -0.314. The van der Waals surface area contributed by atoms with E-state index >= 15 is 0 Å². The smallest absolute Gasteiger partial charge is 0.243 e. The van der Waals surface area contributed by atoms with E-state index in [-0.39, 0.29) is 27.9 Å². The average molecular weight is 489 g/mol. The van der Waals surface area contributed by atoms with Gasteiger partial charge in [0.1, 0.15) is 11.6 Å². The van der Waals surface area contributed by atoms with Crippen LogP contribution in [0.4, 0.5) is 5.69 Å². The molecule has 0 fully saturated rings. The van der Waals surface area contributed by atoms with Crippen LogP contribution in [0.15, 0.2) is 29.3 Å². The number of aromatic nitrogens is 3. The highest BCUT2D eigenvalue weighted by Gasteiger charge is 2.23. The maximum Gasteiger partial charge on any atom is 0.243 e. The number of halogens is 1. The van der Waals surface area contributed by atoms with Crippen LogP contribution >= 0.6 is 11.6 Å². The Kier molecular flexibility index (Phi) is 7.37. The van der Waals surface area contributed by atoms with Crippen molar-refractivity contribution < 1.29 is 13.2 Å². The molecule has 33 heavy (non-hydrogen) atoms. The second-order valence-electron chi connectivity index (χ2n) is 7.45. The van der Waals surface area contributed by atoms with Crippen molar-refractivity contribution in [1.82, 2.24) is 18.9 Å². The number of carbonyl (C=O) groups is 1. The third-order valence-electron chi connectivity index (χ3n) is 5.49. The highest BCUT2D eigenvalue weighted by molar-refractivity contribution is 7.89. The van der Waals surface area contributed by atoms with E-state index in [1.54, 1.807) is 18.4 Å². The summed E-state index contributed by atoms with van der Waals surface area (Å²) < 4.78 is 28.5. The minimum atomic E-state index is -3.68. The molecule has 1 aromatic carbocycles. The number of nitrogens with one attached hydrogen (secondary N) is 1. The molecule has 174 valence electrons. The van der Waals surface area contributed by atoms with E-state index in [1.807, 2.05) is 13.8 Å². The number of fused-ring (bicyclic) bond motifs is 1. The molecule has 3 aromatic rings. The van der Waals surface area contributed by atoms with Crippen LogP contribution in [0.1, 0.15) is 42.8 Å². The largest absolute Gasteiger partial charge is 0.325 e. The molecule has 11 heteroatoms. The van der Waals surface area contributed by atoms with E-state index in [1.165, 1.54) is 28.7 Å². The fourth-order valence-corrected chi connectivity index (χ4v) is 5.33. The minimum absolute atomic E-state index is 0.0687. The van der Waals surface area contributed by atoms with E-state index in [0.29, 0.717) is 30.7 Å². The lowest BCUT2D eigenvalue weighted by molar-refractivity contribution is -0.116. The molecule has 1 amide bonds. The average Bonchev–Trinajstić information content (AvgIpc) is 3.18. The van der Waals surface area contributed by atoms with Crippen molar-refractivity contribution in [3.8, 4) is 6.07 Å². The predicted molar refractivity (Wildman–Crippen MR) is 126 cm³/mol. The van der Waals surface area contributed by atoms with Crippen molar-refractivity contribution in [2.24, 2.45) is 0 Å². The normalized spacial score (nSPS) is 11.7. The number of benzene rings is 1. The quantitative estimate of drug-likeness (QED) is 0.518.